The number of halogens is 1. The highest BCUT2D eigenvalue weighted by atomic mass is 32.1. The summed E-state index contributed by atoms with van der Waals surface area (Å²) in [5, 5.41) is 4.82. The number of pyridine rings is 1. The van der Waals surface area contributed by atoms with E-state index in [-0.39, 0.29) is 5.82 Å². The first-order valence-corrected chi connectivity index (χ1v) is 5.28. The summed E-state index contributed by atoms with van der Waals surface area (Å²) >= 11 is 1.49. The molecule has 2 aromatic rings. The summed E-state index contributed by atoms with van der Waals surface area (Å²) in [6, 6.07) is 1.44. The maximum Gasteiger partial charge on any atom is 0.142 e. The normalized spacial score (nSPS) is 10.3. The van der Waals surface area contributed by atoms with Crippen molar-refractivity contribution < 1.29 is 4.39 Å². The van der Waals surface area contributed by atoms with Crippen LogP contribution in [0, 0.1) is 12.7 Å². The van der Waals surface area contributed by atoms with E-state index in [4.69, 9.17) is 0 Å². The molecule has 0 radical (unpaired) electrons. The topological polar surface area (TPSA) is 37.8 Å². The fourth-order valence-corrected chi connectivity index (χ4v) is 2.18. The molecule has 3 nitrogen and oxygen atoms in total. The van der Waals surface area contributed by atoms with Crippen molar-refractivity contribution in [3.8, 4) is 10.6 Å². The van der Waals surface area contributed by atoms with E-state index in [9.17, 15) is 4.39 Å². The highest BCUT2D eigenvalue weighted by Crippen LogP contribution is 2.30. The van der Waals surface area contributed by atoms with Gasteiger partial charge in [0.15, 0.2) is 0 Å². The largest absolute Gasteiger partial charge is 0.378 e. The minimum atomic E-state index is -0.341. The number of aryl methyl sites for hydroxylation is 1. The van der Waals surface area contributed by atoms with E-state index in [0.717, 1.165) is 15.7 Å². The Balaban J connectivity index is 2.45. The maximum atomic E-state index is 12.9. The number of anilines is 1. The summed E-state index contributed by atoms with van der Waals surface area (Å²) in [5.41, 5.74) is 1.63. The molecule has 0 saturated heterocycles. The lowest BCUT2D eigenvalue weighted by molar-refractivity contribution is 0.622. The van der Waals surface area contributed by atoms with Gasteiger partial charge in [0.25, 0.3) is 0 Å². The first kappa shape index (κ1) is 10.0. The molecule has 0 aliphatic rings. The Kier molecular flexibility index (Phi) is 2.64. The second kappa shape index (κ2) is 3.94. The lowest BCUT2D eigenvalue weighted by Gasteiger charge is -1.94. The molecule has 15 heavy (non-hydrogen) atoms. The van der Waals surface area contributed by atoms with Gasteiger partial charge in [-0.2, -0.15) is 0 Å². The summed E-state index contributed by atoms with van der Waals surface area (Å²) in [4.78, 5) is 8.14. The summed E-state index contributed by atoms with van der Waals surface area (Å²) in [6.45, 7) is 1.92. The molecule has 0 unspecified atom stereocenters. The molecule has 0 aliphatic carbocycles. The van der Waals surface area contributed by atoms with Crippen molar-refractivity contribution in [2.45, 2.75) is 6.92 Å². The molecular formula is C10H10FN3S. The molecule has 0 atom stereocenters. The van der Waals surface area contributed by atoms with Crippen molar-refractivity contribution in [2.75, 3.05) is 12.4 Å². The Morgan fingerprint density at radius 2 is 2.20 bits per heavy atom. The number of hydrogen-bond acceptors (Lipinski definition) is 4. The van der Waals surface area contributed by atoms with Gasteiger partial charge in [0.1, 0.15) is 15.8 Å². The van der Waals surface area contributed by atoms with Gasteiger partial charge in [0.2, 0.25) is 0 Å². The van der Waals surface area contributed by atoms with Crippen LogP contribution in [0.5, 0.6) is 0 Å². The van der Waals surface area contributed by atoms with Gasteiger partial charge < -0.3 is 5.32 Å². The van der Waals surface area contributed by atoms with Gasteiger partial charge in [0, 0.05) is 18.8 Å². The zero-order chi connectivity index (χ0) is 10.8. The zero-order valence-electron chi connectivity index (χ0n) is 8.41. The highest BCUT2D eigenvalue weighted by molar-refractivity contribution is 7.19. The molecule has 0 amide bonds. The SMILES string of the molecule is CNc1sc(-c2cncc(F)c2)nc1C. The average molecular weight is 223 g/mol. The molecular weight excluding hydrogens is 213 g/mol. The first-order chi connectivity index (χ1) is 7.20. The predicted molar refractivity (Wildman–Crippen MR) is 59.6 cm³/mol. The van der Waals surface area contributed by atoms with Gasteiger partial charge in [-0.3, -0.25) is 4.98 Å². The Morgan fingerprint density at radius 3 is 2.80 bits per heavy atom. The van der Waals surface area contributed by atoms with Crippen molar-refractivity contribution in [3.05, 3.63) is 30.0 Å². The van der Waals surface area contributed by atoms with Gasteiger partial charge in [-0.1, -0.05) is 11.3 Å². The van der Waals surface area contributed by atoms with Crippen molar-refractivity contribution in [2.24, 2.45) is 0 Å². The van der Waals surface area contributed by atoms with E-state index >= 15 is 0 Å². The average Bonchev–Trinajstić information content (AvgIpc) is 2.60. The van der Waals surface area contributed by atoms with Crippen LogP contribution in [0.3, 0.4) is 0 Å². The van der Waals surface area contributed by atoms with Crippen LogP contribution in [0.1, 0.15) is 5.69 Å². The van der Waals surface area contributed by atoms with Gasteiger partial charge in [-0.25, -0.2) is 9.37 Å². The quantitative estimate of drug-likeness (QED) is 0.850. The molecule has 0 bridgehead atoms. The van der Waals surface area contributed by atoms with Gasteiger partial charge in [-0.05, 0) is 13.0 Å². The number of nitrogens with one attached hydrogen (secondary N) is 1. The molecule has 0 spiro atoms. The third-order valence-electron chi connectivity index (χ3n) is 1.98. The third kappa shape index (κ3) is 1.97. The molecule has 0 fully saturated rings. The molecule has 2 aromatic heterocycles. The first-order valence-electron chi connectivity index (χ1n) is 4.47. The van der Waals surface area contributed by atoms with Crippen LogP contribution in [-0.4, -0.2) is 17.0 Å². The number of rotatable bonds is 2. The van der Waals surface area contributed by atoms with Crippen LogP contribution in [0.15, 0.2) is 18.5 Å². The van der Waals surface area contributed by atoms with Gasteiger partial charge in [-0.15, -0.1) is 0 Å². The van der Waals surface area contributed by atoms with Crippen LogP contribution in [0.25, 0.3) is 10.6 Å². The highest BCUT2D eigenvalue weighted by Gasteiger charge is 2.08. The third-order valence-corrected chi connectivity index (χ3v) is 3.20. The summed E-state index contributed by atoms with van der Waals surface area (Å²) in [6.07, 6.45) is 2.80. The standard InChI is InChI=1S/C10H10FN3S/c1-6-9(12-2)15-10(14-6)7-3-8(11)5-13-4-7/h3-5,12H,1-2H3. The summed E-state index contributed by atoms with van der Waals surface area (Å²) in [7, 11) is 1.84. The fraction of sp³-hybridized carbons (Fsp3) is 0.200. The van der Waals surface area contributed by atoms with E-state index in [1.54, 1.807) is 6.20 Å². The van der Waals surface area contributed by atoms with Crippen molar-refractivity contribution in [1.29, 1.82) is 0 Å². The molecule has 0 saturated carbocycles. The lowest BCUT2D eigenvalue weighted by Crippen LogP contribution is -1.85. The van der Waals surface area contributed by atoms with Crippen LogP contribution < -0.4 is 5.32 Å². The minimum Gasteiger partial charge on any atom is -0.378 e. The van der Waals surface area contributed by atoms with Gasteiger partial charge in [0.05, 0.1) is 11.9 Å². The number of hydrogen-bond donors (Lipinski definition) is 1. The molecule has 78 valence electrons. The number of nitrogens with zero attached hydrogens (tertiary/aromatic N) is 2. The smallest absolute Gasteiger partial charge is 0.142 e. The second-order valence-electron chi connectivity index (χ2n) is 3.08. The zero-order valence-corrected chi connectivity index (χ0v) is 9.23. The van der Waals surface area contributed by atoms with E-state index in [0.29, 0.717) is 5.56 Å². The van der Waals surface area contributed by atoms with Crippen molar-refractivity contribution >= 4 is 16.3 Å². The van der Waals surface area contributed by atoms with E-state index < -0.39 is 0 Å². The monoisotopic (exact) mass is 223 g/mol. The van der Waals surface area contributed by atoms with E-state index in [1.807, 2.05) is 14.0 Å². The molecule has 0 aliphatic heterocycles. The van der Waals surface area contributed by atoms with Crippen molar-refractivity contribution in [1.82, 2.24) is 9.97 Å². The molecule has 5 heteroatoms. The summed E-state index contributed by atoms with van der Waals surface area (Å²) < 4.78 is 12.9. The number of aromatic nitrogens is 2. The molecule has 2 heterocycles. The van der Waals surface area contributed by atoms with Crippen LogP contribution in [0.2, 0.25) is 0 Å². The predicted octanol–water partition coefficient (Wildman–Crippen LogP) is 2.69. The fourth-order valence-electron chi connectivity index (χ4n) is 1.28. The summed E-state index contributed by atoms with van der Waals surface area (Å²) in [5.74, 6) is -0.341. The Bertz CT molecular complexity index is 481. The second-order valence-corrected chi connectivity index (χ2v) is 4.07. The van der Waals surface area contributed by atoms with E-state index in [1.165, 1.54) is 23.6 Å². The van der Waals surface area contributed by atoms with Crippen LogP contribution in [-0.2, 0) is 0 Å². The van der Waals surface area contributed by atoms with E-state index in [2.05, 4.69) is 15.3 Å². The number of thiazole rings is 1. The van der Waals surface area contributed by atoms with Crippen LogP contribution >= 0.6 is 11.3 Å². The Morgan fingerprint density at radius 1 is 1.40 bits per heavy atom. The Hall–Kier alpha value is -1.49. The van der Waals surface area contributed by atoms with Crippen LogP contribution in [0.4, 0.5) is 9.39 Å². The Labute approximate surface area is 91.0 Å². The molecule has 1 N–H and O–H groups in total. The molecule has 2 rings (SSSR count). The lowest BCUT2D eigenvalue weighted by atomic mass is 10.3. The molecule has 0 aromatic carbocycles. The van der Waals surface area contributed by atoms with Crippen molar-refractivity contribution in [3.63, 3.8) is 0 Å². The minimum absolute atomic E-state index is 0.341. The maximum absolute atomic E-state index is 12.9. The van der Waals surface area contributed by atoms with Gasteiger partial charge >= 0.3 is 0 Å².